The molecule has 2 aromatic rings. The van der Waals surface area contributed by atoms with Gasteiger partial charge in [-0.3, -0.25) is 4.79 Å². The Morgan fingerprint density at radius 1 is 1.14 bits per heavy atom. The maximum atomic E-state index is 13.2. The molecule has 6 nitrogen and oxygen atoms in total. The number of nitrogens with two attached hydrogens (primary N) is 1. The zero-order valence-corrected chi connectivity index (χ0v) is 16.6. The number of carbonyl (C=O) groups excluding carboxylic acids is 2. The van der Waals surface area contributed by atoms with Gasteiger partial charge in [-0.25, -0.2) is 4.79 Å². The Morgan fingerprint density at radius 3 is 2.46 bits per heavy atom. The van der Waals surface area contributed by atoms with E-state index < -0.39 is 12.1 Å². The highest BCUT2D eigenvalue weighted by molar-refractivity contribution is 6.30. The molecule has 2 aromatic carbocycles. The van der Waals surface area contributed by atoms with Crippen molar-refractivity contribution in [1.29, 1.82) is 0 Å². The van der Waals surface area contributed by atoms with Crippen molar-refractivity contribution in [1.82, 2.24) is 15.1 Å². The fourth-order valence-electron chi connectivity index (χ4n) is 3.59. The lowest BCUT2D eigenvalue weighted by molar-refractivity contribution is -0.136. The lowest BCUT2D eigenvalue weighted by atomic mass is 9.99. The van der Waals surface area contributed by atoms with Crippen LogP contribution in [0.4, 0.5) is 4.79 Å². The van der Waals surface area contributed by atoms with Crippen LogP contribution in [-0.4, -0.2) is 48.4 Å². The lowest BCUT2D eigenvalue weighted by Gasteiger charge is -2.41. The minimum Gasteiger partial charge on any atom is -0.352 e. The standard InChI is InChI=1S/C21H25ClN4O2/c1-25-11-12-26(19(14-25)16-5-3-2-4-6-16)20(27)13-18(24-21(23)28)15-7-9-17(22)10-8-15/h2-10,18-19H,11-14H2,1H3,(H3,23,24,28)/t18-,19+/m0/s1. The average molecular weight is 401 g/mol. The van der Waals surface area contributed by atoms with E-state index in [0.717, 1.165) is 24.2 Å². The van der Waals surface area contributed by atoms with Crippen molar-refractivity contribution in [2.75, 3.05) is 26.7 Å². The Labute approximate surface area is 170 Å². The third-order valence-corrected chi connectivity index (χ3v) is 5.31. The van der Waals surface area contributed by atoms with Crippen LogP contribution in [0.2, 0.25) is 5.02 Å². The first-order valence-corrected chi connectivity index (χ1v) is 9.66. The predicted octanol–water partition coefficient (Wildman–Crippen LogP) is 2.95. The van der Waals surface area contributed by atoms with Gasteiger partial charge < -0.3 is 20.9 Å². The summed E-state index contributed by atoms with van der Waals surface area (Å²) < 4.78 is 0. The summed E-state index contributed by atoms with van der Waals surface area (Å²) in [7, 11) is 2.06. The number of rotatable bonds is 5. The highest BCUT2D eigenvalue weighted by Crippen LogP contribution is 2.28. The summed E-state index contributed by atoms with van der Waals surface area (Å²) in [6.45, 7) is 2.22. The molecule has 28 heavy (non-hydrogen) atoms. The van der Waals surface area contributed by atoms with E-state index in [9.17, 15) is 9.59 Å². The summed E-state index contributed by atoms with van der Waals surface area (Å²) in [5, 5.41) is 3.28. The molecule has 0 aliphatic carbocycles. The van der Waals surface area contributed by atoms with Crippen molar-refractivity contribution < 1.29 is 9.59 Å². The quantitative estimate of drug-likeness (QED) is 0.809. The number of amides is 3. The average Bonchev–Trinajstić information content (AvgIpc) is 2.68. The number of nitrogens with one attached hydrogen (secondary N) is 1. The van der Waals surface area contributed by atoms with Crippen molar-refractivity contribution in [3.05, 3.63) is 70.7 Å². The molecular formula is C21H25ClN4O2. The molecule has 0 saturated carbocycles. The first kappa shape index (κ1) is 20.2. The first-order valence-electron chi connectivity index (χ1n) is 9.28. The van der Waals surface area contributed by atoms with Gasteiger partial charge >= 0.3 is 6.03 Å². The Morgan fingerprint density at radius 2 is 1.82 bits per heavy atom. The predicted molar refractivity (Wildman–Crippen MR) is 110 cm³/mol. The van der Waals surface area contributed by atoms with Crippen molar-refractivity contribution in [3.8, 4) is 0 Å². The first-order chi connectivity index (χ1) is 13.4. The molecule has 2 atom stereocenters. The van der Waals surface area contributed by atoms with Gasteiger partial charge in [-0.15, -0.1) is 0 Å². The second-order valence-electron chi connectivity index (χ2n) is 7.09. The van der Waals surface area contributed by atoms with E-state index in [-0.39, 0.29) is 18.4 Å². The van der Waals surface area contributed by atoms with Crippen LogP contribution in [0.1, 0.15) is 29.6 Å². The van der Waals surface area contributed by atoms with E-state index in [0.29, 0.717) is 11.6 Å². The number of carbonyl (C=O) groups is 2. The van der Waals surface area contributed by atoms with E-state index in [1.807, 2.05) is 35.2 Å². The van der Waals surface area contributed by atoms with Crippen LogP contribution in [0.3, 0.4) is 0 Å². The molecule has 148 valence electrons. The molecule has 1 heterocycles. The Bertz CT molecular complexity index is 813. The molecule has 1 aliphatic rings. The largest absolute Gasteiger partial charge is 0.352 e. The van der Waals surface area contributed by atoms with Crippen LogP contribution < -0.4 is 11.1 Å². The number of hydrogen-bond donors (Lipinski definition) is 2. The summed E-state index contributed by atoms with van der Waals surface area (Å²) in [5.74, 6) is -0.0179. The number of benzene rings is 2. The third-order valence-electron chi connectivity index (χ3n) is 5.06. The van der Waals surface area contributed by atoms with Crippen LogP contribution in [0, 0.1) is 0 Å². The van der Waals surface area contributed by atoms with E-state index in [4.69, 9.17) is 17.3 Å². The summed E-state index contributed by atoms with van der Waals surface area (Å²) in [6, 6.07) is 15.9. The van der Waals surface area contributed by atoms with Gasteiger partial charge in [0.1, 0.15) is 0 Å². The maximum Gasteiger partial charge on any atom is 0.312 e. The van der Waals surface area contributed by atoms with Crippen LogP contribution >= 0.6 is 11.6 Å². The lowest BCUT2D eigenvalue weighted by Crippen LogP contribution is -2.50. The molecule has 0 unspecified atom stereocenters. The van der Waals surface area contributed by atoms with Crippen LogP contribution in [-0.2, 0) is 4.79 Å². The molecule has 1 saturated heterocycles. The summed E-state index contributed by atoms with van der Waals surface area (Å²) in [6.07, 6.45) is 0.137. The Kier molecular flexibility index (Phi) is 6.54. The summed E-state index contributed by atoms with van der Waals surface area (Å²) in [5.41, 5.74) is 7.24. The van der Waals surface area contributed by atoms with E-state index in [1.165, 1.54) is 0 Å². The number of piperazine rings is 1. The van der Waals surface area contributed by atoms with Crippen molar-refractivity contribution in [2.24, 2.45) is 5.73 Å². The van der Waals surface area contributed by atoms with Gasteiger partial charge in [0, 0.05) is 24.7 Å². The molecule has 0 radical (unpaired) electrons. The molecule has 1 aliphatic heterocycles. The summed E-state index contributed by atoms with van der Waals surface area (Å²) >= 11 is 5.96. The van der Waals surface area contributed by atoms with Gasteiger partial charge in [0.25, 0.3) is 0 Å². The van der Waals surface area contributed by atoms with Crippen molar-refractivity contribution in [2.45, 2.75) is 18.5 Å². The number of primary amides is 1. The van der Waals surface area contributed by atoms with Gasteiger partial charge in [0.05, 0.1) is 18.5 Å². The number of likely N-dealkylation sites (N-methyl/N-ethyl adjacent to an activating group) is 1. The second kappa shape index (κ2) is 9.08. The molecule has 0 aromatic heterocycles. The maximum absolute atomic E-state index is 13.2. The number of halogens is 1. The molecular weight excluding hydrogens is 376 g/mol. The van der Waals surface area contributed by atoms with Crippen molar-refractivity contribution >= 4 is 23.5 Å². The van der Waals surface area contributed by atoms with Gasteiger partial charge in [-0.05, 0) is 30.3 Å². The third kappa shape index (κ3) is 5.03. The van der Waals surface area contributed by atoms with Crippen LogP contribution in [0.15, 0.2) is 54.6 Å². The fourth-order valence-corrected chi connectivity index (χ4v) is 3.72. The van der Waals surface area contributed by atoms with Crippen LogP contribution in [0.5, 0.6) is 0 Å². The Balaban J connectivity index is 1.80. The van der Waals surface area contributed by atoms with Gasteiger partial charge in [0.2, 0.25) is 5.91 Å². The monoisotopic (exact) mass is 400 g/mol. The number of urea groups is 1. The minimum atomic E-state index is -0.661. The van der Waals surface area contributed by atoms with Gasteiger partial charge in [-0.2, -0.15) is 0 Å². The zero-order chi connectivity index (χ0) is 20.1. The fraction of sp³-hybridized carbons (Fsp3) is 0.333. The number of nitrogens with zero attached hydrogens (tertiary/aromatic N) is 2. The molecule has 3 N–H and O–H groups in total. The van der Waals surface area contributed by atoms with E-state index in [2.05, 4.69) is 17.3 Å². The zero-order valence-electron chi connectivity index (χ0n) is 15.8. The molecule has 3 rings (SSSR count). The van der Waals surface area contributed by atoms with Gasteiger partial charge in [0.15, 0.2) is 0 Å². The molecule has 0 spiro atoms. The number of hydrogen-bond acceptors (Lipinski definition) is 3. The highest BCUT2D eigenvalue weighted by Gasteiger charge is 2.31. The minimum absolute atomic E-state index is 0.0179. The molecule has 7 heteroatoms. The second-order valence-corrected chi connectivity index (χ2v) is 7.53. The normalized spacial score (nSPS) is 18.5. The van der Waals surface area contributed by atoms with Gasteiger partial charge in [-0.1, -0.05) is 54.1 Å². The highest BCUT2D eigenvalue weighted by atomic mass is 35.5. The Hall–Kier alpha value is -2.57. The van der Waals surface area contributed by atoms with E-state index >= 15 is 0 Å². The smallest absolute Gasteiger partial charge is 0.312 e. The van der Waals surface area contributed by atoms with E-state index in [1.54, 1.807) is 24.3 Å². The topological polar surface area (TPSA) is 78.7 Å². The molecule has 1 fully saturated rings. The molecule has 0 bridgehead atoms. The van der Waals surface area contributed by atoms with Crippen LogP contribution in [0.25, 0.3) is 0 Å². The van der Waals surface area contributed by atoms with Crippen molar-refractivity contribution in [3.63, 3.8) is 0 Å². The molecule has 3 amide bonds. The SMILES string of the molecule is CN1CCN(C(=O)C[C@H](NC(N)=O)c2ccc(Cl)cc2)[C@@H](c2ccccc2)C1. The summed E-state index contributed by atoms with van der Waals surface area (Å²) in [4.78, 5) is 28.8.